The zero-order chi connectivity index (χ0) is 23.3. The number of ether oxygens (including phenoxy) is 3. The third-order valence-electron chi connectivity index (χ3n) is 6.11. The second kappa shape index (κ2) is 10.1. The van der Waals surface area contributed by atoms with Crippen LogP contribution in [0.5, 0.6) is 11.6 Å². The minimum Gasteiger partial charge on any atom is -0.488 e. The number of morpholine rings is 1. The molecule has 34 heavy (non-hydrogen) atoms. The molecule has 9 heteroatoms. The summed E-state index contributed by atoms with van der Waals surface area (Å²) in [6.07, 6.45) is 4.05. The predicted octanol–water partition coefficient (Wildman–Crippen LogP) is 2.04. The predicted molar refractivity (Wildman–Crippen MR) is 125 cm³/mol. The Bertz CT molecular complexity index is 1120. The van der Waals surface area contributed by atoms with Crippen molar-refractivity contribution >= 4 is 5.91 Å². The number of carbonyl (C=O) groups excluding carboxylic acids is 1. The van der Waals surface area contributed by atoms with E-state index in [0.717, 1.165) is 28.1 Å². The van der Waals surface area contributed by atoms with E-state index in [-0.39, 0.29) is 12.0 Å². The van der Waals surface area contributed by atoms with Crippen molar-refractivity contribution in [3.05, 3.63) is 66.0 Å². The number of benzene rings is 1. The summed E-state index contributed by atoms with van der Waals surface area (Å²) in [5.41, 5.74) is 3.70. The summed E-state index contributed by atoms with van der Waals surface area (Å²) in [6.45, 7) is 3.06. The molecule has 0 radical (unpaired) electrons. The minimum absolute atomic E-state index is 0.0522. The SMILES string of the molecule is COc1ccc(-c2ccc3c(c2)CC(CNC(=O)C(c2cccnc2)N2CCOCC2)O3)nn1. The molecule has 0 saturated carbocycles. The van der Waals surface area contributed by atoms with Gasteiger partial charge in [-0.2, -0.15) is 0 Å². The highest BCUT2D eigenvalue weighted by Gasteiger charge is 2.31. The van der Waals surface area contributed by atoms with Crippen molar-refractivity contribution in [2.45, 2.75) is 18.6 Å². The zero-order valence-electron chi connectivity index (χ0n) is 19.0. The number of amides is 1. The number of nitrogens with one attached hydrogen (secondary N) is 1. The number of carbonyl (C=O) groups is 1. The Labute approximate surface area is 198 Å². The molecule has 0 bridgehead atoms. The highest BCUT2D eigenvalue weighted by Crippen LogP contribution is 2.32. The summed E-state index contributed by atoms with van der Waals surface area (Å²) in [5, 5.41) is 11.4. The summed E-state index contributed by atoms with van der Waals surface area (Å²) < 4.78 is 16.7. The quantitative estimate of drug-likeness (QED) is 0.571. The van der Waals surface area contributed by atoms with Crippen molar-refractivity contribution in [1.82, 2.24) is 25.4 Å². The van der Waals surface area contributed by atoms with Gasteiger partial charge < -0.3 is 19.5 Å². The molecule has 1 N–H and O–H groups in total. The molecule has 9 nitrogen and oxygen atoms in total. The summed E-state index contributed by atoms with van der Waals surface area (Å²) in [4.78, 5) is 19.6. The van der Waals surface area contributed by atoms with Crippen LogP contribution in [0.2, 0.25) is 0 Å². The molecular formula is C25H27N5O4. The maximum absolute atomic E-state index is 13.3. The van der Waals surface area contributed by atoms with Crippen LogP contribution >= 0.6 is 0 Å². The molecule has 1 saturated heterocycles. The molecule has 176 valence electrons. The van der Waals surface area contributed by atoms with E-state index in [1.54, 1.807) is 25.6 Å². The third kappa shape index (κ3) is 4.85. The molecule has 2 aliphatic rings. The number of rotatable bonds is 7. The van der Waals surface area contributed by atoms with Crippen LogP contribution in [0.15, 0.2) is 54.9 Å². The molecular weight excluding hydrogens is 434 g/mol. The van der Waals surface area contributed by atoms with Gasteiger partial charge in [0.2, 0.25) is 11.8 Å². The second-order valence-electron chi connectivity index (χ2n) is 8.31. The Balaban J connectivity index is 1.23. The molecule has 0 aliphatic carbocycles. The van der Waals surface area contributed by atoms with Gasteiger partial charge in [-0.25, -0.2) is 0 Å². The van der Waals surface area contributed by atoms with Crippen molar-refractivity contribution in [2.75, 3.05) is 40.0 Å². The van der Waals surface area contributed by atoms with Crippen molar-refractivity contribution in [1.29, 1.82) is 0 Å². The molecule has 2 aromatic heterocycles. The Kier molecular flexibility index (Phi) is 6.64. The number of pyridine rings is 1. The van der Waals surface area contributed by atoms with E-state index < -0.39 is 6.04 Å². The van der Waals surface area contributed by atoms with E-state index >= 15 is 0 Å². The van der Waals surface area contributed by atoms with E-state index in [9.17, 15) is 4.79 Å². The average molecular weight is 462 g/mol. The number of fused-ring (bicyclic) bond motifs is 1. The van der Waals surface area contributed by atoms with Crippen LogP contribution in [-0.4, -0.2) is 72.1 Å². The molecule has 1 amide bonds. The first-order chi connectivity index (χ1) is 16.7. The minimum atomic E-state index is -0.401. The van der Waals surface area contributed by atoms with Crippen LogP contribution in [0, 0.1) is 0 Å². The topological polar surface area (TPSA) is 98.7 Å². The van der Waals surface area contributed by atoms with Crippen LogP contribution in [0.25, 0.3) is 11.3 Å². The Morgan fingerprint density at radius 2 is 2.09 bits per heavy atom. The van der Waals surface area contributed by atoms with Gasteiger partial charge in [-0.15, -0.1) is 10.2 Å². The Hall–Kier alpha value is -3.56. The highest BCUT2D eigenvalue weighted by molar-refractivity contribution is 5.83. The Morgan fingerprint density at radius 3 is 2.82 bits per heavy atom. The summed E-state index contributed by atoms with van der Waals surface area (Å²) >= 11 is 0. The van der Waals surface area contributed by atoms with Crippen LogP contribution in [-0.2, 0) is 16.0 Å². The first kappa shape index (κ1) is 22.2. The molecule has 5 rings (SSSR count). The van der Waals surface area contributed by atoms with Crippen molar-refractivity contribution in [3.63, 3.8) is 0 Å². The summed E-state index contributed by atoms with van der Waals surface area (Å²) in [5.74, 6) is 1.26. The van der Waals surface area contributed by atoms with Crippen LogP contribution in [0.1, 0.15) is 17.2 Å². The third-order valence-corrected chi connectivity index (χ3v) is 6.11. The van der Waals surface area contributed by atoms with Crippen molar-refractivity contribution < 1.29 is 19.0 Å². The van der Waals surface area contributed by atoms with Gasteiger partial charge in [0.25, 0.3) is 0 Å². The second-order valence-corrected chi connectivity index (χ2v) is 8.31. The zero-order valence-corrected chi connectivity index (χ0v) is 19.0. The first-order valence-electron chi connectivity index (χ1n) is 11.4. The molecule has 1 fully saturated rings. The standard InChI is InChI=1S/C25H27N5O4/c1-32-23-7-5-21(28-29-23)17-4-6-22-19(13-17)14-20(34-22)16-27-25(31)24(18-3-2-8-26-15-18)30-9-11-33-12-10-30/h2-8,13,15,20,24H,9-12,14,16H2,1H3,(H,27,31). The van der Waals surface area contributed by atoms with Crippen LogP contribution < -0.4 is 14.8 Å². The smallest absolute Gasteiger partial charge is 0.242 e. The number of methoxy groups -OCH3 is 1. The van der Waals surface area contributed by atoms with Crippen LogP contribution in [0.4, 0.5) is 0 Å². The Morgan fingerprint density at radius 1 is 1.21 bits per heavy atom. The molecule has 2 atom stereocenters. The van der Waals surface area contributed by atoms with Crippen molar-refractivity contribution in [3.8, 4) is 22.9 Å². The number of aromatic nitrogens is 3. The largest absolute Gasteiger partial charge is 0.488 e. The lowest BCUT2D eigenvalue weighted by Crippen LogP contribution is -2.47. The number of hydrogen-bond acceptors (Lipinski definition) is 8. The molecule has 2 unspecified atom stereocenters. The van der Waals surface area contributed by atoms with E-state index in [2.05, 4.69) is 31.5 Å². The van der Waals surface area contributed by atoms with Gasteiger partial charge in [0.05, 0.1) is 32.6 Å². The normalized spacial score (nSPS) is 18.6. The number of nitrogens with zero attached hydrogens (tertiary/aromatic N) is 4. The molecule has 1 aromatic carbocycles. The van der Waals surface area contributed by atoms with Gasteiger partial charge >= 0.3 is 0 Å². The maximum Gasteiger partial charge on any atom is 0.242 e. The van der Waals surface area contributed by atoms with E-state index in [1.807, 2.05) is 30.3 Å². The van der Waals surface area contributed by atoms with Gasteiger partial charge in [-0.1, -0.05) is 6.07 Å². The highest BCUT2D eigenvalue weighted by atomic mass is 16.5. The maximum atomic E-state index is 13.3. The van der Waals surface area contributed by atoms with Crippen molar-refractivity contribution in [2.24, 2.45) is 0 Å². The van der Waals surface area contributed by atoms with Gasteiger partial charge in [-0.05, 0) is 41.5 Å². The molecule has 0 spiro atoms. The van der Waals surface area contributed by atoms with Gasteiger partial charge in [-0.3, -0.25) is 14.7 Å². The summed E-state index contributed by atoms with van der Waals surface area (Å²) in [7, 11) is 1.56. The van der Waals surface area contributed by atoms with Gasteiger partial charge in [0.15, 0.2) is 0 Å². The van der Waals surface area contributed by atoms with E-state index in [0.29, 0.717) is 45.1 Å². The lowest BCUT2D eigenvalue weighted by Gasteiger charge is -2.33. The van der Waals surface area contributed by atoms with Gasteiger partial charge in [0.1, 0.15) is 17.9 Å². The van der Waals surface area contributed by atoms with Crippen LogP contribution in [0.3, 0.4) is 0 Å². The molecule has 2 aliphatic heterocycles. The lowest BCUT2D eigenvalue weighted by atomic mass is 10.0. The molecule has 4 heterocycles. The van der Waals surface area contributed by atoms with E-state index in [4.69, 9.17) is 14.2 Å². The number of hydrogen-bond donors (Lipinski definition) is 1. The van der Waals surface area contributed by atoms with Gasteiger partial charge in [0, 0.05) is 43.5 Å². The first-order valence-corrected chi connectivity index (χ1v) is 11.4. The average Bonchev–Trinajstić information content (AvgIpc) is 3.31. The fourth-order valence-electron chi connectivity index (χ4n) is 4.39. The summed E-state index contributed by atoms with van der Waals surface area (Å²) in [6, 6.07) is 13.1. The fraction of sp³-hybridized carbons (Fsp3) is 0.360. The van der Waals surface area contributed by atoms with E-state index in [1.165, 1.54) is 0 Å². The fourth-order valence-corrected chi connectivity index (χ4v) is 4.39. The monoisotopic (exact) mass is 461 g/mol. The molecule has 3 aromatic rings. The lowest BCUT2D eigenvalue weighted by molar-refractivity contribution is -0.128.